The molecule has 1 aromatic carbocycles. The molecule has 1 aromatic heterocycles. The number of ketones is 1. The molecule has 0 bridgehead atoms. The number of likely N-dealkylation sites (N-methyl/N-ethyl adjacent to an activating group) is 1. The number of aryl methyl sites for hydroxylation is 1. The quantitative estimate of drug-likeness (QED) is 0.655. The molecule has 0 radical (unpaired) electrons. The number of carboxylic acids is 1. The van der Waals surface area contributed by atoms with Gasteiger partial charge in [-0.1, -0.05) is 6.07 Å². The summed E-state index contributed by atoms with van der Waals surface area (Å²) in [5, 5.41) is 20.0. The Morgan fingerprint density at radius 3 is 2.56 bits per heavy atom. The molecule has 168 valence electrons. The molecule has 2 N–H and O–H groups in total. The minimum atomic E-state index is -1.08. The van der Waals surface area contributed by atoms with E-state index in [0.29, 0.717) is 6.07 Å². The lowest BCUT2D eigenvalue weighted by Gasteiger charge is -2.36. The molecule has 4 rings (SSSR count). The third-order valence-electron chi connectivity index (χ3n) is 6.28. The van der Waals surface area contributed by atoms with Gasteiger partial charge in [0.25, 0.3) is 5.91 Å². The fraction of sp³-hybridized carbons (Fsp3) is 0.364. The number of carbonyl (C=O) groups excluding carboxylic acids is 2. The number of fused-ring (bicyclic) bond motifs is 2. The van der Waals surface area contributed by atoms with Crippen molar-refractivity contribution in [3.05, 3.63) is 63.1 Å². The molecular weight excluding hydrogens is 426 g/mol. The van der Waals surface area contributed by atoms with Gasteiger partial charge in [-0.05, 0) is 31.4 Å². The highest BCUT2D eigenvalue weighted by Crippen LogP contribution is 2.54. The lowest BCUT2D eigenvalue weighted by Crippen LogP contribution is -2.49. The van der Waals surface area contributed by atoms with Crippen LogP contribution in [0.4, 0.5) is 8.78 Å². The summed E-state index contributed by atoms with van der Waals surface area (Å²) in [4.78, 5) is 51.2. The van der Waals surface area contributed by atoms with E-state index in [0.717, 1.165) is 12.3 Å². The van der Waals surface area contributed by atoms with Crippen LogP contribution >= 0.6 is 0 Å². The van der Waals surface area contributed by atoms with Crippen molar-refractivity contribution < 1.29 is 33.4 Å². The van der Waals surface area contributed by atoms with Crippen LogP contribution in [-0.2, 0) is 16.8 Å². The maximum absolute atomic E-state index is 13.9. The number of hydrogen-bond donors (Lipinski definition) is 2. The molecule has 1 fully saturated rings. The first-order valence-electron chi connectivity index (χ1n) is 10.1. The van der Waals surface area contributed by atoms with E-state index in [4.69, 9.17) is 0 Å². The molecule has 1 aliphatic heterocycles. The molecule has 1 spiro atoms. The van der Waals surface area contributed by atoms with Crippen molar-refractivity contribution in [2.75, 3.05) is 13.1 Å². The number of hydrogen-bond acceptors (Lipinski definition) is 5. The summed E-state index contributed by atoms with van der Waals surface area (Å²) < 4.78 is 28.2. The van der Waals surface area contributed by atoms with E-state index in [-0.39, 0.29) is 43.6 Å². The number of benzene rings is 1. The first-order valence-corrected chi connectivity index (χ1v) is 10.1. The monoisotopic (exact) mass is 446 g/mol. The Labute approximate surface area is 180 Å². The molecule has 2 atom stereocenters. The minimum Gasteiger partial charge on any atom is -0.503 e. The third kappa shape index (κ3) is 3.26. The summed E-state index contributed by atoms with van der Waals surface area (Å²) in [5.41, 5.74) is -2.78. The maximum Gasteiger partial charge on any atom is 0.309 e. The van der Waals surface area contributed by atoms with Crippen molar-refractivity contribution in [3.8, 4) is 5.75 Å². The van der Waals surface area contributed by atoms with Crippen LogP contribution < -0.4 is 5.43 Å². The van der Waals surface area contributed by atoms with Gasteiger partial charge in [0.15, 0.2) is 17.2 Å². The van der Waals surface area contributed by atoms with Crippen LogP contribution in [0, 0.1) is 17.6 Å². The largest absolute Gasteiger partial charge is 0.503 e. The van der Waals surface area contributed by atoms with Gasteiger partial charge in [-0.15, -0.1) is 0 Å². The summed E-state index contributed by atoms with van der Waals surface area (Å²) in [6, 6.07) is 2.94. The second-order valence-corrected chi connectivity index (χ2v) is 8.12. The first-order chi connectivity index (χ1) is 15.1. The van der Waals surface area contributed by atoms with Gasteiger partial charge in [0, 0.05) is 31.8 Å². The van der Waals surface area contributed by atoms with Crippen molar-refractivity contribution in [3.63, 3.8) is 0 Å². The number of nitrogens with zero attached hydrogens (tertiary/aromatic N) is 2. The number of amides is 1. The number of Topliss-reactive ketones (excluding diaryl/α,β-unsaturated/α-hetero) is 1. The highest BCUT2D eigenvalue weighted by atomic mass is 19.1. The van der Waals surface area contributed by atoms with Crippen molar-refractivity contribution >= 4 is 17.7 Å². The van der Waals surface area contributed by atoms with Gasteiger partial charge in [-0.2, -0.15) is 0 Å². The molecule has 8 nitrogen and oxygen atoms in total. The van der Waals surface area contributed by atoms with Crippen molar-refractivity contribution in [2.24, 2.45) is 5.92 Å². The van der Waals surface area contributed by atoms with Crippen LogP contribution in [0.2, 0.25) is 0 Å². The van der Waals surface area contributed by atoms with Gasteiger partial charge < -0.3 is 19.7 Å². The minimum absolute atomic E-state index is 0.0725. The van der Waals surface area contributed by atoms with Crippen LogP contribution in [0.3, 0.4) is 0 Å². The highest BCUT2D eigenvalue weighted by Gasteiger charge is 2.64. The number of aromatic hydroxyl groups is 1. The molecule has 2 unspecified atom stereocenters. The van der Waals surface area contributed by atoms with Crippen molar-refractivity contribution in [1.29, 1.82) is 0 Å². The van der Waals surface area contributed by atoms with Crippen LogP contribution in [0.1, 0.15) is 46.2 Å². The Kier molecular flexibility index (Phi) is 5.10. The number of rotatable bonds is 6. The Balaban J connectivity index is 1.73. The van der Waals surface area contributed by atoms with E-state index in [1.165, 1.54) is 15.5 Å². The number of aliphatic carboxylic acids is 1. The second kappa shape index (κ2) is 7.54. The second-order valence-electron chi connectivity index (χ2n) is 8.12. The summed E-state index contributed by atoms with van der Waals surface area (Å²) in [7, 11) is 0. The highest BCUT2D eigenvalue weighted by molar-refractivity contribution is 6.00. The standard InChI is InChI=1S/C22H20F2N2O6/c1-2-25-10-22(8-14(22)21(31)32)26-9-13(18(28)19(29)17(26)20(25)30)16(27)6-4-11-3-5-12(23)7-15(11)24/h3,5,7,9,14,29H,2,4,6,8,10H2,1H3,(H,31,32). The Bertz CT molecular complexity index is 1220. The molecule has 1 aliphatic carbocycles. The zero-order chi connectivity index (χ0) is 23.4. The van der Waals surface area contributed by atoms with Crippen LogP contribution in [0.15, 0.2) is 29.2 Å². The molecular formula is C22H20F2N2O6. The predicted molar refractivity (Wildman–Crippen MR) is 107 cm³/mol. The van der Waals surface area contributed by atoms with Crippen LogP contribution in [0.25, 0.3) is 0 Å². The number of aromatic nitrogens is 1. The van der Waals surface area contributed by atoms with Crippen molar-refractivity contribution in [1.82, 2.24) is 9.47 Å². The normalized spacial score (nSPS) is 21.5. The molecule has 1 amide bonds. The van der Waals surface area contributed by atoms with Gasteiger partial charge in [-0.25, -0.2) is 8.78 Å². The zero-order valence-electron chi connectivity index (χ0n) is 17.1. The summed E-state index contributed by atoms with van der Waals surface area (Å²) in [6.45, 7) is 2.02. The topological polar surface area (TPSA) is 117 Å². The van der Waals surface area contributed by atoms with Crippen LogP contribution in [-0.4, -0.2) is 50.4 Å². The van der Waals surface area contributed by atoms with Crippen molar-refractivity contribution in [2.45, 2.75) is 31.7 Å². The van der Waals surface area contributed by atoms with E-state index in [1.54, 1.807) is 6.92 Å². The Morgan fingerprint density at radius 1 is 1.25 bits per heavy atom. The van der Waals surface area contributed by atoms with E-state index >= 15 is 0 Å². The lowest BCUT2D eigenvalue weighted by molar-refractivity contribution is -0.139. The number of carbonyl (C=O) groups is 3. The fourth-order valence-corrected chi connectivity index (χ4v) is 4.40. The maximum atomic E-state index is 13.9. The molecule has 0 saturated heterocycles. The fourth-order valence-electron chi connectivity index (χ4n) is 4.40. The van der Waals surface area contributed by atoms with Gasteiger partial charge in [0.1, 0.15) is 11.6 Å². The molecule has 32 heavy (non-hydrogen) atoms. The number of halogens is 2. The van der Waals surface area contributed by atoms with E-state index in [2.05, 4.69) is 0 Å². The molecule has 2 heterocycles. The molecule has 1 saturated carbocycles. The average Bonchev–Trinajstić information content (AvgIpc) is 3.47. The zero-order valence-corrected chi connectivity index (χ0v) is 17.1. The first kappa shape index (κ1) is 21.7. The molecule has 2 aromatic rings. The predicted octanol–water partition coefficient (Wildman–Crippen LogP) is 1.92. The number of pyridine rings is 1. The SMILES string of the molecule is CCN1CC2(CC2C(=O)O)n2cc(C(=O)CCc3ccc(F)cc3F)c(=O)c(O)c2C1=O. The third-order valence-corrected chi connectivity index (χ3v) is 6.28. The summed E-state index contributed by atoms with van der Waals surface area (Å²) in [5.74, 6) is -5.77. The number of carboxylic acid groups (broad SMARTS) is 1. The van der Waals surface area contributed by atoms with E-state index in [9.17, 15) is 38.2 Å². The average molecular weight is 446 g/mol. The Morgan fingerprint density at radius 2 is 1.97 bits per heavy atom. The molecule has 2 aliphatic rings. The van der Waals surface area contributed by atoms with Gasteiger partial charge in [0.2, 0.25) is 5.43 Å². The lowest BCUT2D eigenvalue weighted by atomic mass is 10.00. The van der Waals surface area contributed by atoms with Gasteiger partial charge in [-0.3, -0.25) is 19.2 Å². The van der Waals surface area contributed by atoms with Crippen LogP contribution in [0.5, 0.6) is 5.75 Å². The Hall–Kier alpha value is -3.56. The summed E-state index contributed by atoms with van der Waals surface area (Å²) in [6.07, 6.45) is 0.893. The smallest absolute Gasteiger partial charge is 0.309 e. The van der Waals surface area contributed by atoms with E-state index < -0.39 is 57.5 Å². The van der Waals surface area contributed by atoms with Gasteiger partial charge >= 0.3 is 5.97 Å². The van der Waals surface area contributed by atoms with Gasteiger partial charge in [0.05, 0.1) is 17.0 Å². The van der Waals surface area contributed by atoms with E-state index in [1.807, 2.05) is 0 Å². The molecule has 10 heteroatoms. The summed E-state index contributed by atoms with van der Waals surface area (Å²) >= 11 is 0.